The molecule has 180 valence electrons. The minimum atomic E-state index is -3.73. The number of ether oxygens (including phenoxy) is 2. The summed E-state index contributed by atoms with van der Waals surface area (Å²) in [4.78, 5) is 13.0. The number of nitrogens with zero attached hydrogens (tertiary/aromatic N) is 1. The molecule has 0 heterocycles. The lowest BCUT2D eigenvalue weighted by Gasteiger charge is -2.29. The lowest BCUT2D eigenvalue weighted by atomic mass is 10.1. The zero-order chi connectivity index (χ0) is 24.7. The van der Waals surface area contributed by atoms with Crippen LogP contribution in [0.15, 0.2) is 78.9 Å². The summed E-state index contributed by atoms with van der Waals surface area (Å²) in [5, 5.41) is 2.90. The molecule has 0 aliphatic heterocycles. The van der Waals surface area contributed by atoms with E-state index in [4.69, 9.17) is 9.47 Å². The maximum atomic E-state index is 13.0. The highest BCUT2D eigenvalue weighted by Gasteiger charge is 2.30. The number of hydrogen-bond donors (Lipinski definition) is 1. The van der Waals surface area contributed by atoms with E-state index in [9.17, 15) is 13.2 Å². The fraction of sp³-hybridized carbons (Fsp3) is 0.269. The molecule has 7 nitrogen and oxygen atoms in total. The number of anilines is 1. The molecule has 1 N–H and O–H groups in total. The molecule has 0 radical (unpaired) electrons. The lowest BCUT2D eigenvalue weighted by molar-refractivity contribution is -0.122. The van der Waals surface area contributed by atoms with E-state index in [-0.39, 0.29) is 6.04 Å². The number of rotatable bonds is 10. The average Bonchev–Trinajstić information content (AvgIpc) is 2.80. The summed E-state index contributed by atoms with van der Waals surface area (Å²) in [5.41, 5.74) is 1.26. The molecule has 0 saturated carbocycles. The number of carbonyl (C=O) groups is 1. The summed E-state index contributed by atoms with van der Waals surface area (Å²) in [7, 11) is -3.73. The minimum Gasteiger partial charge on any atom is -0.494 e. The summed E-state index contributed by atoms with van der Waals surface area (Å²) in [6.07, 6.45) is 1.08. The first-order valence-electron chi connectivity index (χ1n) is 11.0. The van der Waals surface area contributed by atoms with Crippen LogP contribution < -0.4 is 19.1 Å². The van der Waals surface area contributed by atoms with Gasteiger partial charge < -0.3 is 14.8 Å². The van der Waals surface area contributed by atoms with Crippen molar-refractivity contribution in [3.05, 3.63) is 84.4 Å². The number of sulfonamides is 1. The molecule has 0 aromatic heterocycles. The van der Waals surface area contributed by atoms with Crippen molar-refractivity contribution in [2.45, 2.75) is 32.9 Å². The molecule has 1 amide bonds. The first kappa shape index (κ1) is 25.1. The second-order valence-corrected chi connectivity index (χ2v) is 9.74. The lowest BCUT2D eigenvalue weighted by Crippen LogP contribution is -2.48. The zero-order valence-corrected chi connectivity index (χ0v) is 20.6. The van der Waals surface area contributed by atoms with Gasteiger partial charge in [0.2, 0.25) is 15.9 Å². The van der Waals surface area contributed by atoms with Crippen molar-refractivity contribution in [3.63, 3.8) is 0 Å². The third-order valence-corrected chi connectivity index (χ3v) is 6.45. The van der Waals surface area contributed by atoms with Crippen LogP contribution in [0.25, 0.3) is 0 Å². The van der Waals surface area contributed by atoms with Crippen molar-refractivity contribution in [3.8, 4) is 17.2 Å². The van der Waals surface area contributed by atoms with Crippen LogP contribution in [0.1, 0.15) is 32.4 Å². The molecule has 0 bridgehead atoms. The van der Waals surface area contributed by atoms with E-state index in [0.29, 0.717) is 23.8 Å². The number of amides is 1. The fourth-order valence-corrected chi connectivity index (χ4v) is 4.71. The Bertz CT molecular complexity index is 1180. The number of nitrogens with one attached hydrogen (secondary N) is 1. The molecule has 3 rings (SSSR count). The topological polar surface area (TPSA) is 84.9 Å². The van der Waals surface area contributed by atoms with Gasteiger partial charge in [0.25, 0.3) is 0 Å². The van der Waals surface area contributed by atoms with Gasteiger partial charge in [0.1, 0.15) is 23.3 Å². The molecule has 34 heavy (non-hydrogen) atoms. The Morgan fingerprint density at radius 1 is 0.882 bits per heavy atom. The summed E-state index contributed by atoms with van der Waals surface area (Å²) in [6.45, 7) is 5.90. The summed E-state index contributed by atoms with van der Waals surface area (Å²) < 4.78 is 37.6. The van der Waals surface area contributed by atoms with Crippen LogP contribution in [-0.4, -0.2) is 33.2 Å². The molecule has 3 aromatic rings. The molecule has 2 atom stereocenters. The third-order valence-electron chi connectivity index (χ3n) is 5.21. The summed E-state index contributed by atoms with van der Waals surface area (Å²) in [5.74, 6) is 1.58. The molecular formula is C26H30N2O5S. The van der Waals surface area contributed by atoms with Crippen LogP contribution in [0.3, 0.4) is 0 Å². The monoisotopic (exact) mass is 482 g/mol. The first-order valence-corrected chi connectivity index (χ1v) is 12.9. The normalized spacial score (nSPS) is 12.9. The van der Waals surface area contributed by atoms with Gasteiger partial charge in [-0.15, -0.1) is 0 Å². The van der Waals surface area contributed by atoms with Crippen molar-refractivity contribution in [1.29, 1.82) is 0 Å². The van der Waals surface area contributed by atoms with Crippen LogP contribution in [0.4, 0.5) is 5.69 Å². The molecule has 8 heteroatoms. The van der Waals surface area contributed by atoms with Crippen LogP contribution >= 0.6 is 0 Å². The maximum absolute atomic E-state index is 13.0. The standard InChI is InChI=1S/C26H30N2O5S/c1-5-32-23-15-11-21(12-16-23)19(2)27-26(29)20(3)28(34(4,30)31)22-13-17-25(18-14-22)33-24-9-7-6-8-10-24/h6-20H,5H2,1-4H3,(H,27,29). The number of hydrogen-bond acceptors (Lipinski definition) is 5. The van der Waals surface area contributed by atoms with Crippen molar-refractivity contribution < 1.29 is 22.7 Å². The largest absolute Gasteiger partial charge is 0.494 e. The predicted octanol–water partition coefficient (Wildman–Crippen LogP) is 4.91. The van der Waals surface area contributed by atoms with Gasteiger partial charge in [-0.1, -0.05) is 30.3 Å². The predicted molar refractivity (Wildman–Crippen MR) is 134 cm³/mol. The SMILES string of the molecule is CCOc1ccc(C(C)NC(=O)C(C)N(c2ccc(Oc3ccccc3)cc2)S(C)(=O)=O)cc1. The second kappa shape index (κ2) is 11.1. The van der Waals surface area contributed by atoms with Crippen molar-refractivity contribution >= 4 is 21.6 Å². The maximum Gasteiger partial charge on any atom is 0.244 e. The van der Waals surface area contributed by atoms with Crippen molar-refractivity contribution in [2.24, 2.45) is 0 Å². The highest BCUT2D eigenvalue weighted by Crippen LogP contribution is 2.27. The van der Waals surface area contributed by atoms with Gasteiger partial charge in [0.05, 0.1) is 24.6 Å². The number of carbonyl (C=O) groups excluding carboxylic acids is 1. The highest BCUT2D eigenvalue weighted by molar-refractivity contribution is 7.92. The Morgan fingerprint density at radius 3 is 2.00 bits per heavy atom. The number of para-hydroxylation sites is 1. The smallest absolute Gasteiger partial charge is 0.244 e. The molecule has 0 spiro atoms. The quantitative estimate of drug-likeness (QED) is 0.444. The molecule has 0 saturated heterocycles. The molecule has 3 aromatic carbocycles. The van der Waals surface area contributed by atoms with Crippen molar-refractivity contribution in [1.82, 2.24) is 5.32 Å². The Morgan fingerprint density at radius 2 is 1.44 bits per heavy atom. The van der Waals surface area contributed by atoms with Gasteiger partial charge in [-0.05, 0) is 74.9 Å². The summed E-state index contributed by atoms with van der Waals surface area (Å²) in [6, 6.07) is 22.0. The third kappa shape index (κ3) is 6.51. The number of benzene rings is 3. The minimum absolute atomic E-state index is 0.311. The van der Waals surface area contributed by atoms with Gasteiger partial charge in [-0.2, -0.15) is 0 Å². The van der Waals surface area contributed by atoms with Crippen LogP contribution in [0.2, 0.25) is 0 Å². The average molecular weight is 483 g/mol. The Labute approximate surface area is 201 Å². The molecule has 0 aliphatic carbocycles. The zero-order valence-electron chi connectivity index (χ0n) is 19.8. The van der Waals surface area contributed by atoms with Gasteiger partial charge in [0.15, 0.2) is 0 Å². The molecule has 0 fully saturated rings. The van der Waals surface area contributed by atoms with E-state index < -0.39 is 22.0 Å². The van der Waals surface area contributed by atoms with Gasteiger partial charge >= 0.3 is 0 Å². The van der Waals surface area contributed by atoms with Gasteiger partial charge in [-0.3, -0.25) is 9.10 Å². The van der Waals surface area contributed by atoms with E-state index in [1.165, 1.54) is 0 Å². The van der Waals surface area contributed by atoms with E-state index in [0.717, 1.165) is 21.9 Å². The fourth-order valence-electron chi connectivity index (χ4n) is 3.53. The van der Waals surface area contributed by atoms with E-state index in [1.807, 2.05) is 68.4 Å². The van der Waals surface area contributed by atoms with Crippen LogP contribution in [0.5, 0.6) is 17.2 Å². The van der Waals surface area contributed by atoms with Gasteiger partial charge in [0, 0.05) is 0 Å². The molecule has 0 aliphatic rings. The van der Waals surface area contributed by atoms with Crippen LogP contribution in [-0.2, 0) is 14.8 Å². The second-order valence-electron chi connectivity index (χ2n) is 7.88. The van der Waals surface area contributed by atoms with Crippen LogP contribution in [0, 0.1) is 0 Å². The van der Waals surface area contributed by atoms with E-state index >= 15 is 0 Å². The van der Waals surface area contributed by atoms with Crippen molar-refractivity contribution in [2.75, 3.05) is 17.2 Å². The highest BCUT2D eigenvalue weighted by atomic mass is 32.2. The first-order chi connectivity index (χ1) is 16.2. The summed E-state index contributed by atoms with van der Waals surface area (Å²) >= 11 is 0. The van der Waals surface area contributed by atoms with Gasteiger partial charge in [-0.25, -0.2) is 8.42 Å². The Hall–Kier alpha value is -3.52. The van der Waals surface area contributed by atoms with E-state index in [2.05, 4.69) is 5.32 Å². The Balaban J connectivity index is 1.73. The molecule has 2 unspecified atom stereocenters. The Kier molecular flexibility index (Phi) is 8.17. The molecular weight excluding hydrogens is 452 g/mol. The van der Waals surface area contributed by atoms with E-state index in [1.54, 1.807) is 31.2 Å².